The van der Waals surface area contributed by atoms with Gasteiger partial charge in [0.15, 0.2) is 0 Å². The SMILES string of the molecule is CCCCCCCCCCCCCCCCCCCCCCPCCPCCCCCCCCCCCCCCCCCCCCCC. The van der Waals surface area contributed by atoms with E-state index in [1.54, 1.807) is 0 Å². The number of unbranched alkanes of at least 4 members (excludes halogenated alkanes) is 38. The van der Waals surface area contributed by atoms with Crippen molar-refractivity contribution in [3.8, 4) is 0 Å². The Morgan fingerprint density at radius 1 is 0.167 bits per heavy atom. The van der Waals surface area contributed by atoms with Gasteiger partial charge in [-0.15, -0.1) is 17.2 Å². The minimum Gasteiger partial charge on any atom is -0.122 e. The summed E-state index contributed by atoms with van der Waals surface area (Å²) >= 11 is 0. The lowest BCUT2D eigenvalue weighted by Crippen LogP contribution is -1.87. The maximum atomic E-state index is 2.31. The molecule has 0 N–H and O–H groups in total. The van der Waals surface area contributed by atoms with E-state index in [9.17, 15) is 0 Å². The predicted molar refractivity (Wildman–Crippen MR) is 232 cm³/mol. The standard InChI is InChI=1S/C46H96P2/c1-3-5-7-9-11-13-15-17-19-21-23-25-27-29-31-33-35-37-39-41-43-47-45-46-48-44-42-40-38-36-34-32-30-28-26-24-22-20-18-16-14-12-10-8-6-4-2/h47-48H,3-46H2,1-2H3. The van der Waals surface area contributed by atoms with Crippen LogP contribution in [0.4, 0.5) is 0 Å². The van der Waals surface area contributed by atoms with Crippen LogP contribution >= 0.6 is 17.2 Å². The van der Waals surface area contributed by atoms with Crippen LogP contribution in [0.25, 0.3) is 0 Å². The summed E-state index contributed by atoms with van der Waals surface area (Å²) in [4.78, 5) is 0. The second-order valence-corrected chi connectivity index (χ2v) is 18.9. The van der Waals surface area contributed by atoms with Gasteiger partial charge >= 0.3 is 0 Å². The van der Waals surface area contributed by atoms with Gasteiger partial charge in [0.1, 0.15) is 0 Å². The third kappa shape index (κ3) is 46.9. The van der Waals surface area contributed by atoms with E-state index in [4.69, 9.17) is 0 Å². The Morgan fingerprint density at radius 3 is 0.479 bits per heavy atom. The van der Waals surface area contributed by atoms with E-state index >= 15 is 0 Å². The first-order valence-electron chi connectivity index (χ1n) is 23.3. The van der Waals surface area contributed by atoms with Crippen LogP contribution in [0.3, 0.4) is 0 Å². The predicted octanol–water partition coefficient (Wildman–Crippen LogP) is 18.0. The number of hydrogen-bond acceptors (Lipinski definition) is 0. The van der Waals surface area contributed by atoms with Crippen molar-refractivity contribution in [3.63, 3.8) is 0 Å². The molecule has 0 bridgehead atoms. The molecule has 48 heavy (non-hydrogen) atoms. The summed E-state index contributed by atoms with van der Waals surface area (Å²) in [6, 6.07) is 0. The van der Waals surface area contributed by atoms with E-state index in [2.05, 4.69) is 13.8 Å². The van der Waals surface area contributed by atoms with Gasteiger partial charge in [0.25, 0.3) is 0 Å². The summed E-state index contributed by atoms with van der Waals surface area (Å²) in [5.41, 5.74) is 0. The molecule has 2 heteroatoms. The molecule has 0 aromatic carbocycles. The maximum absolute atomic E-state index is 2.31. The number of hydrogen-bond donors (Lipinski definition) is 0. The van der Waals surface area contributed by atoms with Crippen LogP contribution in [-0.4, -0.2) is 24.6 Å². The van der Waals surface area contributed by atoms with Crippen LogP contribution in [0.1, 0.15) is 271 Å². The summed E-state index contributed by atoms with van der Waals surface area (Å²) in [5.74, 6) is 0. The van der Waals surface area contributed by atoms with Crippen LogP contribution in [0.15, 0.2) is 0 Å². The van der Waals surface area contributed by atoms with Crippen molar-refractivity contribution in [2.75, 3.05) is 24.6 Å². The average molecular weight is 711 g/mol. The highest BCUT2D eigenvalue weighted by atomic mass is 31.1. The zero-order valence-electron chi connectivity index (χ0n) is 34.1. The van der Waals surface area contributed by atoms with Crippen molar-refractivity contribution < 1.29 is 0 Å². The van der Waals surface area contributed by atoms with Gasteiger partial charge in [-0.1, -0.05) is 258 Å². The first kappa shape index (κ1) is 48.9. The lowest BCUT2D eigenvalue weighted by atomic mass is 10.0. The van der Waals surface area contributed by atoms with Gasteiger partial charge in [-0.05, 0) is 37.5 Å². The van der Waals surface area contributed by atoms with E-state index < -0.39 is 0 Å². The molecule has 0 fully saturated rings. The Labute approximate surface area is 311 Å². The Kier molecular flexibility index (Phi) is 48.7. The van der Waals surface area contributed by atoms with Gasteiger partial charge in [0.05, 0.1) is 0 Å². The van der Waals surface area contributed by atoms with Crippen molar-refractivity contribution in [1.82, 2.24) is 0 Å². The minimum atomic E-state index is 1.26. The molecule has 0 saturated carbocycles. The fourth-order valence-electron chi connectivity index (χ4n) is 7.44. The van der Waals surface area contributed by atoms with E-state index in [0.29, 0.717) is 0 Å². The summed E-state index contributed by atoms with van der Waals surface area (Å²) < 4.78 is 0. The molecule has 2 unspecified atom stereocenters. The smallest absolute Gasteiger partial charge is 0.0316 e. The fourth-order valence-corrected chi connectivity index (χ4v) is 10.4. The molecule has 290 valence electrons. The van der Waals surface area contributed by atoms with Crippen molar-refractivity contribution in [1.29, 1.82) is 0 Å². The quantitative estimate of drug-likeness (QED) is 0.0436. The monoisotopic (exact) mass is 711 g/mol. The van der Waals surface area contributed by atoms with Crippen molar-refractivity contribution >= 4 is 17.2 Å². The van der Waals surface area contributed by atoms with Gasteiger partial charge < -0.3 is 0 Å². The normalized spacial score (nSPS) is 12.1. The molecule has 0 nitrogen and oxygen atoms in total. The molecule has 0 spiro atoms. The third-order valence-corrected chi connectivity index (χ3v) is 14.0. The third-order valence-electron chi connectivity index (χ3n) is 10.9. The second-order valence-electron chi connectivity index (χ2n) is 15.9. The van der Waals surface area contributed by atoms with Crippen LogP contribution < -0.4 is 0 Å². The van der Waals surface area contributed by atoms with E-state index in [1.807, 2.05) is 0 Å². The van der Waals surface area contributed by atoms with Gasteiger partial charge in [0.2, 0.25) is 0 Å². The molecule has 0 aromatic heterocycles. The molecule has 0 aliphatic carbocycles. The molecule has 0 radical (unpaired) electrons. The highest BCUT2D eigenvalue weighted by Crippen LogP contribution is 2.22. The van der Waals surface area contributed by atoms with Gasteiger partial charge in [-0.25, -0.2) is 0 Å². The first-order chi connectivity index (χ1) is 23.9. The molecule has 0 aromatic rings. The fraction of sp³-hybridized carbons (Fsp3) is 1.00. The molecule has 0 aliphatic rings. The van der Waals surface area contributed by atoms with Gasteiger partial charge in [0, 0.05) is 0 Å². The first-order valence-corrected chi connectivity index (χ1v) is 26.2. The summed E-state index contributed by atoms with van der Waals surface area (Å²) in [5, 5.41) is 0. The lowest BCUT2D eigenvalue weighted by Gasteiger charge is -2.05. The Bertz CT molecular complexity index is 474. The van der Waals surface area contributed by atoms with Gasteiger partial charge in [-0.3, -0.25) is 0 Å². The van der Waals surface area contributed by atoms with Crippen LogP contribution in [0.5, 0.6) is 0 Å². The Balaban J connectivity index is 3.04. The average Bonchev–Trinajstić information content (AvgIpc) is 3.10. The highest BCUT2D eigenvalue weighted by Gasteiger charge is 1.98. The largest absolute Gasteiger partial charge is 0.122 e. The molecular weight excluding hydrogens is 614 g/mol. The molecular formula is C46H96P2. The molecule has 0 heterocycles. The second kappa shape index (κ2) is 47.9. The Hall–Kier alpha value is 0.860. The zero-order chi connectivity index (χ0) is 34.5. The Morgan fingerprint density at radius 2 is 0.312 bits per heavy atom. The zero-order valence-corrected chi connectivity index (χ0v) is 36.1. The van der Waals surface area contributed by atoms with E-state index in [1.165, 1.54) is 299 Å². The lowest BCUT2D eigenvalue weighted by molar-refractivity contribution is 0.523. The summed E-state index contributed by atoms with van der Waals surface area (Å²) in [6.07, 6.45) is 65.6. The number of rotatable bonds is 45. The minimum absolute atomic E-state index is 1.26. The maximum Gasteiger partial charge on any atom is -0.0316 e. The van der Waals surface area contributed by atoms with Gasteiger partial charge in [-0.2, -0.15) is 0 Å². The topological polar surface area (TPSA) is 0 Å². The highest BCUT2D eigenvalue weighted by molar-refractivity contribution is 7.42. The molecule has 0 amide bonds. The van der Waals surface area contributed by atoms with Crippen LogP contribution in [0, 0.1) is 0 Å². The van der Waals surface area contributed by atoms with Crippen molar-refractivity contribution in [2.24, 2.45) is 0 Å². The van der Waals surface area contributed by atoms with Crippen LogP contribution in [-0.2, 0) is 0 Å². The molecule has 0 aliphatic heterocycles. The molecule has 0 rings (SSSR count). The van der Waals surface area contributed by atoms with E-state index in [0.717, 1.165) is 0 Å². The summed E-state index contributed by atoms with van der Waals surface area (Å²) in [6.45, 7) is 4.62. The van der Waals surface area contributed by atoms with Crippen LogP contribution in [0.2, 0.25) is 0 Å². The summed E-state index contributed by atoms with van der Waals surface area (Å²) in [7, 11) is 2.52. The van der Waals surface area contributed by atoms with E-state index in [-0.39, 0.29) is 0 Å². The molecule has 2 atom stereocenters. The molecule has 0 saturated heterocycles. The van der Waals surface area contributed by atoms with Crippen molar-refractivity contribution in [3.05, 3.63) is 0 Å². The van der Waals surface area contributed by atoms with Crippen molar-refractivity contribution in [2.45, 2.75) is 271 Å².